The molecule has 2 atom stereocenters. The predicted octanol–water partition coefficient (Wildman–Crippen LogP) is 1.04. The van der Waals surface area contributed by atoms with Crippen molar-refractivity contribution in [3.63, 3.8) is 0 Å². The van der Waals surface area contributed by atoms with Crippen molar-refractivity contribution in [3.8, 4) is 23.7 Å². The number of carbonyl (C=O) groups excluding carboxylic acids is 2. The van der Waals surface area contributed by atoms with Crippen LogP contribution in [0.3, 0.4) is 0 Å². The average molecular weight is 361 g/mol. The van der Waals surface area contributed by atoms with Crippen molar-refractivity contribution in [3.05, 3.63) is 71.3 Å². The van der Waals surface area contributed by atoms with Crippen molar-refractivity contribution in [1.29, 1.82) is 0 Å². The van der Waals surface area contributed by atoms with Gasteiger partial charge in [0, 0.05) is 22.7 Å². The fraction of sp³-hybridized carbons (Fsp3) is 0.143. The van der Waals surface area contributed by atoms with Crippen LogP contribution in [0.1, 0.15) is 28.4 Å². The Balaban J connectivity index is 2.03. The second-order valence-corrected chi connectivity index (χ2v) is 5.73. The zero-order valence-electron chi connectivity index (χ0n) is 14.7. The van der Waals surface area contributed by atoms with Crippen LogP contribution in [0.25, 0.3) is 0 Å². The number of hydroxylamine groups is 1. The Morgan fingerprint density at radius 1 is 0.963 bits per heavy atom. The molecule has 0 aliphatic heterocycles. The molecule has 0 spiro atoms. The maximum Gasteiger partial charge on any atom is 0.267 e. The van der Waals surface area contributed by atoms with Gasteiger partial charge in [0.05, 0.1) is 0 Å². The van der Waals surface area contributed by atoms with Gasteiger partial charge in [0.2, 0.25) is 0 Å². The van der Waals surface area contributed by atoms with E-state index in [4.69, 9.17) is 10.9 Å². The first kappa shape index (κ1) is 19.7. The highest BCUT2D eigenvalue weighted by Crippen LogP contribution is 2.04. The molecule has 2 rings (SSSR count). The molecule has 136 valence electrons. The number of amides is 2. The Kier molecular flexibility index (Phi) is 7.16. The van der Waals surface area contributed by atoms with Gasteiger partial charge in [-0.25, -0.2) is 5.48 Å². The molecule has 27 heavy (non-hydrogen) atoms. The van der Waals surface area contributed by atoms with E-state index in [1.807, 2.05) is 30.3 Å². The van der Waals surface area contributed by atoms with E-state index >= 15 is 0 Å². The summed E-state index contributed by atoms with van der Waals surface area (Å²) in [5.74, 6) is 10.1. The lowest BCUT2D eigenvalue weighted by atomic mass is 10.1. The van der Waals surface area contributed by atoms with E-state index in [1.165, 1.54) is 5.48 Å². The molecular weight excluding hydrogens is 342 g/mol. The lowest BCUT2D eigenvalue weighted by molar-refractivity contribution is -0.131. The molecular formula is C21H19N3O3. The van der Waals surface area contributed by atoms with Gasteiger partial charge < -0.3 is 11.1 Å². The topological polar surface area (TPSA) is 104 Å². The Hall–Kier alpha value is -3.58. The van der Waals surface area contributed by atoms with E-state index < -0.39 is 23.9 Å². The summed E-state index contributed by atoms with van der Waals surface area (Å²) in [7, 11) is 0. The molecule has 0 bridgehead atoms. The lowest BCUT2D eigenvalue weighted by Gasteiger charge is -2.19. The quantitative estimate of drug-likeness (QED) is 0.371. The van der Waals surface area contributed by atoms with Crippen LogP contribution in [-0.2, 0) is 4.79 Å². The molecule has 6 nitrogen and oxygen atoms in total. The maximum absolute atomic E-state index is 12.2. The van der Waals surface area contributed by atoms with Crippen molar-refractivity contribution in [1.82, 2.24) is 10.8 Å². The van der Waals surface area contributed by atoms with Crippen LogP contribution in [0.5, 0.6) is 0 Å². The highest BCUT2D eigenvalue weighted by atomic mass is 16.5. The molecule has 0 radical (unpaired) electrons. The largest absolute Gasteiger partial charge is 0.339 e. The van der Waals surface area contributed by atoms with Crippen molar-refractivity contribution >= 4 is 11.8 Å². The molecule has 0 saturated carbocycles. The fourth-order valence-electron chi connectivity index (χ4n) is 2.16. The zero-order valence-corrected chi connectivity index (χ0v) is 14.7. The number of nitrogens with two attached hydrogens (primary N) is 1. The van der Waals surface area contributed by atoms with Gasteiger partial charge in [0.15, 0.2) is 0 Å². The first-order valence-corrected chi connectivity index (χ1v) is 8.19. The molecule has 0 saturated heterocycles. The summed E-state index contributed by atoms with van der Waals surface area (Å²) < 4.78 is 0. The normalized spacial score (nSPS) is 11.7. The fourth-order valence-corrected chi connectivity index (χ4v) is 2.16. The SMILES string of the molecule is C[C@@H](N)[C@H](NC(=O)c1ccc(C#CC#Cc2ccccc2)cc1)C(=O)NO. The van der Waals surface area contributed by atoms with E-state index in [0.29, 0.717) is 11.1 Å². The molecule has 0 fully saturated rings. The number of nitrogens with one attached hydrogen (secondary N) is 2. The summed E-state index contributed by atoms with van der Waals surface area (Å²) in [6, 6.07) is 14.3. The summed E-state index contributed by atoms with van der Waals surface area (Å²) in [5.41, 5.74) is 9.07. The standard InChI is InChI=1S/C21H19N3O3/c1-15(22)19(21(26)24-27)23-20(25)18-13-11-17(12-14-18)10-6-5-9-16-7-3-2-4-8-16/h2-4,7-8,11-15,19,27H,22H2,1H3,(H,23,25)(H,24,26)/t15-,19+/m1/s1. The Labute approximate surface area is 157 Å². The molecule has 2 amide bonds. The first-order valence-electron chi connectivity index (χ1n) is 8.19. The highest BCUT2D eigenvalue weighted by molar-refractivity contribution is 5.97. The number of benzene rings is 2. The van der Waals surface area contributed by atoms with Gasteiger partial charge in [-0.3, -0.25) is 14.8 Å². The van der Waals surface area contributed by atoms with Crippen LogP contribution < -0.4 is 16.5 Å². The van der Waals surface area contributed by atoms with Crippen molar-refractivity contribution < 1.29 is 14.8 Å². The maximum atomic E-state index is 12.2. The van der Waals surface area contributed by atoms with Crippen LogP contribution in [0.4, 0.5) is 0 Å². The van der Waals surface area contributed by atoms with Gasteiger partial charge >= 0.3 is 0 Å². The molecule has 0 aliphatic rings. The van der Waals surface area contributed by atoms with Crippen LogP contribution in [0.2, 0.25) is 0 Å². The molecule has 0 heterocycles. The number of rotatable bonds is 4. The Morgan fingerprint density at radius 3 is 2.04 bits per heavy atom. The minimum absolute atomic E-state index is 0.340. The summed E-state index contributed by atoms with van der Waals surface area (Å²) in [6.45, 7) is 1.55. The van der Waals surface area contributed by atoms with Gasteiger partial charge in [-0.2, -0.15) is 0 Å². The molecule has 2 aromatic carbocycles. The highest BCUT2D eigenvalue weighted by Gasteiger charge is 2.24. The predicted molar refractivity (Wildman–Crippen MR) is 101 cm³/mol. The van der Waals surface area contributed by atoms with Crippen molar-refractivity contribution in [2.24, 2.45) is 5.73 Å². The summed E-state index contributed by atoms with van der Waals surface area (Å²) in [5, 5.41) is 11.2. The second kappa shape index (κ2) is 9.79. The summed E-state index contributed by atoms with van der Waals surface area (Å²) in [4.78, 5) is 23.8. The third-order valence-electron chi connectivity index (χ3n) is 3.60. The third kappa shape index (κ3) is 6.02. The van der Waals surface area contributed by atoms with Crippen LogP contribution in [-0.4, -0.2) is 29.1 Å². The summed E-state index contributed by atoms with van der Waals surface area (Å²) >= 11 is 0. The van der Waals surface area contributed by atoms with Gasteiger partial charge in [0.1, 0.15) is 6.04 Å². The average Bonchev–Trinajstić information content (AvgIpc) is 2.69. The van der Waals surface area contributed by atoms with E-state index in [2.05, 4.69) is 29.0 Å². The van der Waals surface area contributed by atoms with Crippen LogP contribution >= 0.6 is 0 Å². The number of carbonyl (C=O) groups is 2. The van der Waals surface area contributed by atoms with Crippen LogP contribution in [0, 0.1) is 23.7 Å². The minimum atomic E-state index is -1.05. The number of hydrogen-bond acceptors (Lipinski definition) is 4. The zero-order chi connectivity index (χ0) is 19.6. The molecule has 0 aliphatic carbocycles. The summed E-state index contributed by atoms with van der Waals surface area (Å²) in [6.07, 6.45) is 0. The third-order valence-corrected chi connectivity index (χ3v) is 3.60. The van der Waals surface area contributed by atoms with E-state index in [0.717, 1.165) is 5.56 Å². The van der Waals surface area contributed by atoms with E-state index in [1.54, 1.807) is 31.2 Å². The lowest BCUT2D eigenvalue weighted by Crippen LogP contribution is -2.54. The number of hydrogen-bond donors (Lipinski definition) is 4. The van der Waals surface area contributed by atoms with Gasteiger partial charge in [0.25, 0.3) is 11.8 Å². The van der Waals surface area contributed by atoms with Crippen molar-refractivity contribution in [2.45, 2.75) is 19.0 Å². The molecule has 2 aromatic rings. The van der Waals surface area contributed by atoms with Crippen molar-refractivity contribution in [2.75, 3.05) is 0 Å². The van der Waals surface area contributed by atoms with E-state index in [-0.39, 0.29) is 0 Å². The van der Waals surface area contributed by atoms with Crippen LogP contribution in [0.15, 0.2) is 54.6 Å². The van der Waals surface area contributed by atoms with Gasteiger partial charge in [-0.1, -0.05) is 30.0 Å². The smallest absolute Gasteiger partial charge is 0.267 e. The van der Waals surface area contributed by atoms with E-state index in [9.17, 15) is 9.59 Å². The van der Waals surface area contributed by atoms with Gasteiger partial charge in [-0.05, 0) is 55.2 Å². The molecule has 0 unspecified atom stereocenters. The Bertz CT molecular complexity index is 914. The first-order chi connectivity index (χ1) is 13.0. The molecule has 6 heteroatoms. The Morgan fingerprint density at radius 2 is 1.52 bits per heavy atom. The molecule has 0 aromatic heterocycles. The van der Waals surface area contributed by atoms with Gasteiger partial charge in [-0.15, -0.1) is 0 Å². The minimum Gasteiger partial charge on any atom is -0.339 e. The molecule has 5 N–H and O–H groups in total. The monoisotopic (exact) mass is 361 g/mol. The second-order valence-electron chi connectivity index (χ2n) is 5.73.